The standard InChI is InChI=1S/C19H18FN5O2/c20-17-12-6-8-22-13(12)1-3-15(17)27-19-18-14(23-10-24-19)2-4-16(25-18)26-11-5-7-21-9-11/h1-4,6,8,10-13,21-22H,5,7,9H2/t11-,12?,13?/m0/s1. The van der Waals surface area contributed by atoms with Crippen LogP contribution in [0, 0.1) is 5.92 Å². The lowest BCUT2D eigenvalue weighted by Crippen LogP contribution is -2.28. The number of pyridine rings is 1. The van der Waals surface area contributed by atoms with Crippen molar-refractivity contribution in [2.45, 2.75) is 18.6 Å². The number of ether oxygens (including phenoxy) is 2. The van der Waals surface area contributed by atoms with E-state index in [2.05, 4.69) is 25.6 Å². The van der Waals surface area contributed by atoms with E-state index in [-0.39, 0.29) is 35.5 Å². The predicted molar refractivity (Wildman–Crippen MR) is 96.7 cm³/mol. The molecule has 2 aromatic rings. The van der Waals surface area contributed by atoms with Crippen LogP contribution in [0.25, 0.3) is 11.0 Å². The summed E-state index contributed by atoms with van der Waals surface area (Å²) in [6.07, 6.45) is 9.43. The molecule has 4 heterocycles. The molecule has 8 heteroatoms. The Balaban J connectivity index is 1.46. The van der Waals surface area contributed by atoms with E-state index in [9.17, 15) is 4.39 Å². The normalized spacial score (nSPS) is 26.3. The maximum atomic E-state index is 14.8. The first-order chi connectivity index (χ1) is 13.3. The molecular weight excluding hydrogens is 349 g/mol. The highest BCUT2D eigenvalue weighted by molar-refractivity contribution is 5.79. The van der Waals surface area contributed by atoms with Crippen LogP contribution in [0.2, 0.25) is 0 Å². The van der Waals surface area contributed by atoms with Gasteiger partial charge in [-0.15, -0.1) is 0 Å². The van der Waals surface area contributed by atoms with Crippen molar-refractivity contribution >= 4 is 11.0 Å². The minimum atomic E-state index is -0.361. The summed E-state index contributed by atoms with van der Waals surface area (Å²) in [5, 5.41) is 6.34. The topological polar surface area (TPSA) is 81.2 Å². The minimum absolute atomic E-state index is 0.0716. The summed E-state index contributed by atoms with van der Waals surface area (Å²) < 4.78 is 26.4. The average molecular weight is 367 g/mol. The van der Waals surface area contributed by atoms with Crippen molar-refractivity contribution < 1.29 is 13.9 Å². The molecule has 0 spiro atoms. The van der Waals surface area contributed by atoms with E-state index < -0.39 is 0 Å². The number of aromatic nitrogens is 3. The van der Waals surface area contributed by atoms with E-state index in [0.717, 1.165) is 19.5 Å². The third kappa shape index (κ3) is 3.02. The second kappa shape index (κ2) is 6.62. The van der Waals surface area contributed by atoms with Crippen molar-refractivity contribution in [2.24, 2.45) is 5.92 Å². The van der Waals surface area contributed by atoms with Crippen LogP contribution in [0.3, 0.4) is 0 Å². The van der Waals surface area contributed by atoms with Crippen LogP contribution in [0.5, 0.6) is 11.8 Å². The zero-order valence-corrected chi connectivity index (χ0v) is 14.4. The van der Waals surface area contributed by atoms with Gasteiger partial charge >= 0.3 is 0 Å². The zero-order valence-electron chi connectivity index (χ0n) is 14.4. The Morgan fingerprint density at radius 3 is 3.04 bits per heavy atom. The lowest BCUT2D eigenvalue weighted by atomic mass is 9.95. The summed E-state index contributed by atoms with van der Waals surface area (Å²) in [6.45, 7) is 1.72. The third-order valence-electron chi connectivity index (χ3n) is 4.89. The Kier molecular flexibility index (Phi) is 3.97. The van der Waals surface area contributed by atoms with Crippen LogP contribution >= 0.6 is 0 Å². The molecule has 2 unspecified atom stereocenters. The van der Waals surface area contributed by atoms with E-state index in [1.165, 1.54) is 6.33 Å². The van der Waals surface area contributed by atoms with Crippen LogP contribution in [-0.4, -0.2) is 40.2 Å². The molecule has 2 aliphatic heterocycles. The van der Waals surface area contributed by atoms with Crippen molar-refractivity contribution in [1.29, 1.82) is 0 Å². The number of nitrogens with one attached hydrogen (secondary N) is 2. The van der Waals surface area contributed by atoms with E-state index in [1.54, 1.807) is 30.5 Å². The first-order valence-electron chi connectivity index (χ1n) is 8.95. The minimum Gasteiger partial charge on any atom is -0.473 e. The highest BCUT2D eigenvalue weighted by atomic mass is 19.1. The molecule has 0 amide bonds. The lowest BCUT2D eigenvalue weighted by Gasteiger charge is -2.21. The van der Waals surface area contributed by atoms with Crippen LogP contribution in [0.1, 0.15) is 6.42 Å². The van der Waals surface area contributed by atoms with E-state index in [0.29, 0.717) is 16.9 Å². The van der Waals surface area contributed by atoms with Gasteiger partial charge in [0.05, 0.1) is 17.5 Å². The molecule has 3 atom stereocenters. The van der Waals surface area contributed by atoms with E-state index in [1.807, 2.05) is 6.08 Å². The van der Waals surface area contributed by atoms with Gasteiger partial charge < -0.3 is 20.1 Å². The van der Waals surface area contributed by atoms with Gasteiger partial charge in [-0.2, -0.15) is 4.98 Å². The first kappa shape index (κ1) is 16.2. The first-order valence-corrected chi connectivity index (χ1v) is 8.95. The molecule has 0 bridgehead atoms. The summed E-state index contributed by atoms with van der Waals surface area (Å²) in [4.78, 5) is 12.9. The van der Waals surface area contributed by atoms with Crippen molar-refractivity contribution in [1.82, 2.24) is 25.6 Å². The SMILES string of the molecule is FC1=C(Oc2ncnc3ccc(O[C@H]4CCNC4)nc23)C=CC2NC=CC12. The monoisotopic (exact) mass is 367 g/mol. The molecule has 1 fully saturated rings. The molecule has 1 saturated heterocycles. The second-order valence-corrected chi connectivity index (χ2v) is 6.68. The number of hydrogen-bond acceptors (Lipinski definition) is 7. The molecule has 0 aromatic carbocycles. The molecule has 1 aliphatic carbocycles. The van der Waals surface area contributed by atoms with Gasteiger partial charge in [-0.25, -0.2) is 14.4 Å². The summed E-state index contributed by atoms with van der Waals surface area (Å²) in [6, 6.07) is 3.50. The van der Waals surface area contributed by atoms with Crippen molar-refractivity contribution in [2.75, 3.05) is 13.1 Å². The molecule has 7 nitrogen and oxygen atoms in total. The molecule has 138 valence electrons. The molecule has 3 aliphatic rings. The molecule has 5 rings (SSSR count). The predicted octanol–water partition coefficient (Wildman–Crippen LogP) is 2.00. The maximum absolute atomic E-state index is 14.8. The van der Waals surface area contributed by atoms with Crippen LogP contribution in [0.15, 0.2) is 54.5 Å². The van der Waals surface area contributed by atoms with Gasteiger partial charge in [-0.05, 0) is 31.3 Å². The van der Waals surface area contributed by atoms with E-state index in [4.69, 9.17) is 9.47 Å². The van der Waals surface area contributed by atoms with Gasteiger partial charge in [0.2, 0.25) is 11.8 Å². The van der Waals surface area contributed by atoms with Crippen molar-refractivity contribution in [3.63, 3.8) is 0 Å². The molecule has 0 radical (unpaired) electrons. The largest absolute Gasteiger partial charge is 0.473 e. The summed E-state index contributed by atoms with van der Waals surface area (Å²) in [7, 11) is 0. The number of rotatable bonds is 4. The van der Waals surface area contributed by atoms with Gasteiger partial charge in [0.15, 0.2) is 17.1 Å². The van der Waals surface area contributed by atoms with Crippen molar-refractivity contribution in [3.05, 3.63) is 54.5 Å². The van der Waals surface area contributed by atoms with Gasteiger partial charge in [-0.3, -0.25) is 0 Å². The van der Waals surface area contributed by atoms with Crippen LogP contribution in [0.4, 0.5) is 4.39 Å². The fourth-order valence-corrected chi connectivity index (χ4v) is 3.47. The summed E-state index contributed by atoms with van der Waals surface area (Å²) in [5.41, 5.74) is 1.05. The number of fused-ring (bicyclic) bond motifs is 2. The summed E-state index contributed by atoms with van der Waals surface area (Å²) >= 11 is 0. The Hall–Kier alpha value is -3.00. The van der Waals surface area contributed by atoms with Crippen molar-refractivity contribution in [3.8, 4) is 11.8 Å². The lowest BCUT2D eigenvalue weighted by molar-refractivity contribution is 0.214. The highest BCUT2D eigenvalue weighted by Crippen LogP contribution is 2.33. The molecular formula is C19H18FN5O2. The Morgan fingerprint density at radius 2 is 2.15 bits per heavy atom. The molecule has 2 N–H and O–H groups in total. The Bertz CT molecular complexity index is 968. The Labute approximate surface area is 155 Å². The molecule has 0 saturated carbocycles. The maximum Gasteiger partial charge on any atom is 0.249 e. The van der Waals surface area contributed by atoms with Crippen LogP contribution in [-0.2, 0) is 0 Å². The van der Waals surface area contributed by atoms with Crippen LogP contribution < -0.4 is 20.1 Å². The van der Waals surface area contributed by atoms with Gasteiger partial charge in [0.25, 0.3) is 0 Å². The zero-order chi connectivity index (χ0) is 18.2. The van der Waals surface area contributed by atoms with Gasteiger partial charge in [0, 0.05) is 12.6 Å². The fraction of sp³-hybridized carbons (Fsp3) is 0.316. The summed E-state index contributed by atoms with van der Waals surface area (Å²) in [5.74, 6) is 0.128. The smallest absolute Gasteiger partial charge is 0.249 e. The van der Waals surface area contributed by atoms with Gasteiger partial charge in [-0.1, -0.05) is 12.2 Å². The van der Waals surface area contributed by atoms with Gasteiger partial charge in [0.1, 0.15) is 12.4 Å². The number of halogens is 1. The number of hydrogen-bond donors (Lipinski definition) is 2. The number of allylic oxidation sites excluding steroid dienone is 1. The highest BCUT2D eigenvalue weighted by Gasteiger charge is 2.31. The Morgan fingerprint density at radius 1 is 1.19 bits per heavy atom. The molecule has 2 aromatic heterocycles. The third-order valence-corrected chi connectivity index (χ3v) is 4.89. The van der Waals surface area contributed by atoms with E-state index >= 15 is 0 Å². The second-order valence-electron chi connectivity index (χ2n) is 6.68. The fourth-order valence-electron chi connectivity index (χ4n) is 3.47. The quantitative estimate of drug-likeness (QED) is 0.855. The average Bonchev–Trinajstić information content (AvgIpc) is 3.36. The number of nitrogens with zero attached hydrogens (tertiary/aromatic N) is 3. The molecule has 27 heavy (non-hydrogen) atoms.